The van der Waals surface area contributed by atoms with E-state index in [0.29, 0.717) is 6.04 Å². The molecule has 0 aliphatic rings. The molecule has 0 aliphatic heterocycles. The van der Waals surface area contributed by atoms with E-state index < -0.39 is 0 Å². The molecule has 0 aromatic heterocycles. The lowest BCUT2D eigenvalue weighted by molar-refractivity contribution is -0.0749. The standard InChI is InChI=1S/C14H31NO/c1-7-12(5)11-13(15-6)14(8-2,9-3)16-10-4/h12-13,15H,7-11H2,1-6H3. The summed E-state index contributed by atoms with van der Waals surface area (Å²) in [6, 6.07) is 0.470. The molecule has 0 saturated heterocycles. The smallest absolute Gasteiger partial charge is 0.0829 e. The highest BCUT2D eigenvalue weighted by atomic mass is 16.5. The molecule has 2 atom stereocenters. The number of likely N-dealkylation sites (N-methyl/N-ethyl adjacent to an activating group) is 1. The third kappa shape index (κ3) is 4.06. The van der Waals surface area contributed by atoms with Gasteiger partial charge in [0.15, 0.2) is 0 Å². The summed E-state index contributed by atoms with van der Waals surface area (Å²) in [4.78, 5) is 0. The maximum absolute atomic E-state index is 6.06. The highest BCUT2D eigenvalue weighted by molar-refractivity contribution is 4.91. The van der Waals surface area contributed by atoms with Gasteiger partial charge in [-0.1, -0.05) is 34.1 Å². The van der Waals surface area contributed by atoms with Crippen LogP contribution in [0.25, 0.3) is 0 Å². The Kier molecular flexibility index (Phi) is 8.04. The molecular weight excluding hydrogens is 198 g/mol. The molecule has 2 unspecified atom stereocenters. The Hall–Kier alpha value is -0.0800. The number of ether oxygens (including phenoxy) is 1. The molecule has 98 valence electrons. The van der Waals surface area contributed by atoms with Gasteiger partial charge in [0, 0.05) is 12.6 Å². The second kappa shape index (κ2) is 8.08. The van der Waals surface area contributed by atoms with Gasteiger partial charge in [-0.25, -0.2) is 0 Å². The van der Waals surface area contributed by atoms with E-state index in [1.807, 2.05) is 0 Å². The quantitative estimate of drug-likeness (QED) is 0.652. The van der Waals surface area contributed by atoms with Crippen LogP contribution < -0.4 is 5.32 Å². The summed E-state index contributed by atoms with van der Waals surface area (Å²) in [5, 5.41) is 3.47. The van der Waals surface area contributed by atoms with Crippen LogP contribution in [-0.4, -0.2) is 25.3 Å². The van der Waals surface area contributed by atoms with E-state index in [4.69, 9.17) is 4.74 Å². The van der Waals surface area contributed by atoms with E-state index >= 15 is 0 Å². The first-order chi connectivity index (χ1) is 7.60. The Labute approximate surface area is 102 Å². The van der Waals surface area contributed by atoms with Crippen molar-refractivity contribution in [1.29, 1.82) is 0 Å². The number of rotatable bonds is 9. The Bertz CT molecular complexity index is 166. The van der Waals surface area contributed by atoms with E-state index in [2.05, 4.69) is 47.0 Å². The fourth-order valence-corrected chi connectivity index (χ4v) is 2.50. The first-order valence-corrected chi connectivity index (χ1v) is 6.91. The zero-order chi connectivity index (χ0) is 12.6. The molecule has 0 fully saturated rings. The minimum atomic E-state index is 0.0208. The lowest BCUT2D eigenvalue weighted by Crippen LogP contribution is -2.51. The highest BCUT2D eigenvalue weighted by Gasteiger charge is 2.35. The van der Waals surface area contributed by atoms with Crippen LogP contribution in [0.15, 0.2) is 0 Å². The second-order valence-corrected chi connectivity index (χ2v) is 4.80. The molecule has 0 heterocycles. The fourth-order valence-electron chi connectivity index (χ4n) is 2.50. The largest absolute Gasteiger partial charge is 0.374 e. The van der Waals surface area contributed by atoms with Crippen LogP contribution in [0.3, 0.4) is 0 Å². The summed E-state index contributed by atoms with van der Waals surface area (Å²) < 4.78 is 6.06. The van der Waals surface area contributed by atoms with E-state index in [0.717, 1.165) is 25.4 Å². The molecule has 0 aromatic carbocycles. The van der Waals surface area contributed by atoms with Crippen LogP contribution in [0.5, 0.6) is 0 Å². The summed E-state index contributed by atoms with van der Waals surface area (Å²) in [5.41, 5.74) is 0.0208. The molecule has 0 rings (SSSR count). The predicted molar refractivity (Wildman–Crippen MR) is 71.9 cm³/mol. The van der Waals surface area contributed by atoms with Gasteiger partial charge in [-0.2, -0.15) is 0 Å². The normalized spacial score (nSPS) is 16.1. The van der Waals surface area contributed by atoms with Crippen molar-refractivity contribution in [2.24, 2.45) is 5.92 Å². The summed E-state index contributed by atoms with van der Waals surface area (Å²) in [6.45, 7) is 12.0. The van der Waals surface area contributed by atoms with Crippen molar-refractivity contribution >= 4 is 0 Å². The Morgan fingerprint density at radius 1 is 1.12 bits per heavy atom. The molecule has 0 spiro atoms. The minimum Gasteiger partial charge on any atom is -0.374 e. The molecule has 2 heteroatoms. The third-order valence-corrected chi connectivity index (χ3v) is 3.95. The predicted octanol–water partition coefficient (Wildman–Crippen LogP) is 3.61. The first kappa shape index (κ1) is 15.9. The van der Waals surface area contributed by atoms with E-state index in [9.17, 15) is 0 Å². The number of hydrogen-bond acceptors (Lipinski definition) is 2. The van der Waals surface area contributed by atoms with Gasteiger partial charge >= 0.3 is 0 Å². The maximum Gasteiger partial charge on any atom is 0.0829 e. The number of hydrogen-bond donors (Lipinski definition) is 1. The monoisotopic (exact) mass is 229 g/mol. The van der Waals surface area contributed by atoms with Crippen LogP contribution in [-0.2, 0) is 4.74 Å². The zero-order valence-electron chi connectivity index (χ0n) is 12.1. The zero-order valence-corrected chi connectivity index (χ0v) is 12.1. The van der Waals surface area contributed by atoms with Gasteiger partial charge in [0.1, 0.15) is 0 Å². The van der Waals surface area contributed by atoms with Crippen molar-refractivity contribution in [2.45, 2.75) is 71.9 Å². The highest BCUT2D eigenvalue weighted by Crippen LogP contribution is 2.29. The van der Waals surface area contributed by atoms with Crippen LogP contribution in [0, 0.1) is 5.92 Å². The summed E-state index contributed by atoms with van der Waals surface area (Å²) in [6.07, 6.45) is 4.61. The molecule has 0 aliphatic carbocycles. The van der Waals surface area contributed by atoms with Gasteiger partial charge in [-0.3, -0.25) is 0 Å². The lowest BCUT2D eigenvalue weighted by atomic mass is 9.82. The van der Waals surface area contributed by atoms with Gasteiger partial charge in [0.25, 0.3) is 0 Å². The summed E-state index contributed by atoms with van der Waals surface area (Å²) in [7, 11) is 2.06. The van der Waals surface area contributed by atoms with Crippen molar-refractivity contribution in [2.75, 3.05) is 13.7 Å². The van der Waals surface area contributed by atoms with Gasteiger partial charge in [-0.05, 0) is 39.2 Å². The lowest BCUT2D eigenvalue weighted by Gasteiger charge is -2.40. The molecule has 0 amide bonds. The average Bonchev–Trinajstić information content (AvgIpc) is 2.33. The molecule has 0 saturated carbocycles. The maximum atomic E-state index is 6.06. The van der Waals surface area contributed by atoms with Crippen LogP contribution in [0.2, 0.25) is 0 Å². The van der Waals surface area contributed by atoms with Crippen molar-refractivity contribution < 1.29 is 4.74 Å². The van der Waals surface area contributed by atoms with E-state index in [1.165, 1.54) is 12.8 Å². The van der Waals surface area contributed by atoms with Crippen LogP contribution >= 0.6 is 0 Å². The molecular formula is C14H31NO. The molecule has 0 radical (unpaired) electrons. The summed E-state index contributed by atoms with van der Waals surface area (Å²) >= 11 is 0. The van der Waals surface area contributed by atoms with Gasteiger partial charge in [0.05, 0.1) is 5.60 Å². The van der Waals surface area contributed by atoms with Gasteiger partial charge in [0.2, 0.25) is 0 Å². The SMILES string of the molecule is CCOC(CC)(CC)C(CC(C)CC)NC. The van der Waals surface area contributed by atoms with Gasteiger partial charge < -0.3 is 10.1 Å². The molecule has 16 heavy (non-hydrogen) atoms. The van der Waals surface area contributed by atoms with Crippen molar-refractivity contribution in [1.82, 2.24) is 5.32 Å². The topological polar surface area (TPSA) is 21.3 Å². The average molecular weight is 229 g/mol. The number of nitrogens with one attached hydrogen (secondary N) is 1. The Morgan fingerprint density at radius 3 is 2.00 bits per heavy atom. The van der Waals surface area contributed by atoms with Crippen molar-refractivity contribution in [3.8, 4) is 0 Å². The summed E-state index contributed by atoms with van der Waals surface area (Å²) in [5.74, 6) is 0.760. The Balaban J connectivity index is 4.68. The van der Waals surface area contributed by atoms with Crippen LogP contribution in [0.4, 0.5) is 0 Å². The molecule has 0 aromatic rings. The molecule has 2 nitrogen and oxygen atoms in total. The van der Waals surface area contributed by atoms with E-state index in [-0.39, 0.29) is 5.60 Å². The Morgan fingerprint density at radius 2 is 1.69 bits per heavy atom. The second-order valence-electron chi connectivity index (χ2n) is 4.80. The molecule has 1 N–H and O–H groups in total. The van der Waals surface area contributed by atoms with Crippen molar-refractivity contribution in [3.63, 3.8) is 0 Å². The van der Waals surface area contributed by atoms with Crippen LogP contribution in [0.1, 0.15) is 60.3 Å². The first-order valence-electron chi connectivity index (χ1n) is 6.91. The fraction of sp³-hybridized carbons (Fsp3) is 1.00. The van der Waals surface area contributed by atoms with Crippen molar-refractivity contribution in [3.05, 3.63) is 0 Å². The van der Waals surface area contributed by atoms with Gasteiger partial charge in [-0.15, -0.1) is 0 Å². The van der Waals surface area contributed by atoms with E-state index in [1.54, 1.807) is 0 Å². The third-order valence-electron chi connectivity index (χ3n) is 3.95. The minimum absolute atomic E-state index is 0.0208. The molecule has 0 bridgehead atoms.